The molecular formula is C23H35FN4O2. The van der Waals surface area contributed by atoms with Crippen molar-refractivity contribution in [2.24, 2.45) is 11.8 Å². The Bertz CT molecular complexity index is 734. The third-order valence-electron chi connectivity index (χ3n) is 6.25. The predicted molar refractivity (Wildman–Crippen MR) is 117 cm³/mol. The van der Waals surface area contributed by atoms with E-state index in [4.69, 9.17) is 0 Å². The molecule has 2 amide bonds. The fourth-order valence-corrected chi connectivity index (χ4v) is 4.51. The Labute approximate surface area is 179 Å². The van der Waals surface area contributed by atoms with Crippen molar-refractivity contribution in [1.82, 2.24) is 15.1 Å². The third kappa shape index (κ3) is 5.50. The third-order valence-corrected chi connectivity index (χ3v) is 6.25. The number of anilines is 1. The van der Waals surface area contributed by atoms with Gasteiger partial charge in [-0.25, -0.2) is 4.39 Å². The molecule has 30 heavy (non-hydrogen) atoms. The van der Waals surface area contributed by atoms with Gasteiger partial charge < -0.3 is 15.1 Å². The number of nitrogens with zero attached hydrogens (tertiary/aromatic N) is 3. The minimum atomic E-state index is -0.176. The van der Waals surface area contributed by atoms with E-state index in [1.165, 1.54) is 6.07 Å². The summed E-state index contributed by atoms with van der Waals surface area (Å²) in [5.41, 5.74) is 0.664. The summed E-state index contributed by atoms with van der Waals surface area (Å²) in [5.74, 6) is 0.284. The summed E-state index contributed by atoms with van der Waals surface area (Å²) < 4.78 is 14.0. The van der Waals surface area contributed by atoms with Gasteiger partial charge in [-0.3, -0.25) is 14.5 Å². The van der Waals surface area contributed by atoms with Gasteiger partial charge in [-0.05, 0) is 31.4 Å². The molecule has 2 aliphatic heterocycles. The van der Waals surface area contributed by atoms with Gasteiger partial charge in [-0.2, -0.15) is 0 Å². The van der Waals surface area contributed by atoms with Crippen LogP contribution in [0.5, 0.6) is 0 Å². The second-order valence-corrected chi connectivity index (χ2v) is 8.90. The SMILES string of the molecule is CC(C)CN1C(=O)CCC(C(=O)NCCN2CCN(c3ccccc3F)CC2)C1C. The van der Waals surface area contributed by atoms with Gasteiger partial charge in [0.1, 0.15) is 5.82 Å². The second-order valence-electron chi connectivity index (χ2n) is 8.90. The van der Waals surface area contributed by atoms with Crippen molar-refractivity contribution < 1.29 is 14.0 Å². The highest BCUT2D eigenvalue weighted by molar-refractivity contribution is 5.84. The van der Waals surface area contributed by atoms with Crippen LogP contribution in [0.15, 0.2) is 24.3 Å². The number of nitrogens with one attached hydrogen (secondary N) is 1. The number of piperidine rings is 1. The van der Waals surface area contributed by atoms with Crippen LogP contribution >= 0.6 is 0 Å². The van der Waals surface area contributed by atoms with E-state index in [1.807, 2.05) is 24.0 Å². The van der Waals surface area contributed by atoms with E-state index in [0.29, 0.717) is 37.5 Å². The highest BCUT2D eigenvalue weighted by Crippen LogP contribution is 2.25. The quantitative estimate of drug-likeness (QED) is 0.739. The van der Waals surface area contributed by atoms with E-state index in [1.54, 1.807) is 6.07 Å². The van der Waals surface area contributed by atoms with Crippen molar-refractivity contribution in [3.63, 3.8) is 0 Å². The average molecular weight is 419 g/mol. The van der Waals surface area contributed by atoms with E-state index >= 15 is 0 Å². The van der Waals surface area contributed by atoms with Gasteiger partial charge in [-0.15, -0.1) is 0 Å². The first-order chi connectivity index (χ1) is 14.4. The van der Waals surface area contributed by atoms with E-state index in [0.717, 1.165) is 32.7 Å². The van der Waals surface area contributed by atoms with Crippen LogP contribution in [-0.4, -0.2) is 73.5 Å². The molecule has 6 nitrogen and oxygen atoms in total. The summed E-state index contributed by atoms with van der Waals surface area (Å²) in [6.07, 6.45) is 1.08. The molecule has 0 spiro atoms. The van der Waals surface area contributed by atoms with Gasteiger partial charge >= 0.3 is 0 Å². The second kappa shape index (κ2) is 10.2. The van der Waals surface area contributed by atoms with E-state index < -0.39 is 0 Å². The molecule has 1 aromatic carbocycles. The van der Waals surface area contributed by atoms with Gasteiger partial charge in [0.25, 0.3) is 0 Å². The smallest absolute Gasteiger partial charge is 0.225 e. The largest absolute Gasteiger partial charge is 0.367 e. The molecule has 2 saturated heterocycles. The van der Waals surface area contributed by atoms with E-state index in [-0.39, 0.29) is 29.6 Å². The molecule has 2 fully saturated rings. The number of hydrogen-bond acceptors (Lipinski definition) is 4. The molecule has 1 N–H and O–H groups in total. The predicted octanol–water partition coefficient (Wildman–Crippen LogP) is 2.35. The minimum Gasteiger partial charge on any atom is -0.367 e. The highest BCUT2D eigenvalue weighted by Gasteiger charge is 2.36. The lowest BCUT2D eigenvalue weighted by Crippen LogP contribution is -2.53. The summed E-state index contributed by atoms with van der Waals surface area (Å²) in [7, 11) is 0. The zero-order valence-corrected chi connectivity index (χ0v) is 18.4. The lowest BCUT2D eigenvalue weighted by molar-refractivity contribution is -0.143. The Balaban J connectivity index is 1.42. The zero-order chi connectivity index (χ0) is 21.7. The number of rotatable bonds is 7. The fourth-order valence-electron chi connectivity index (χ4n) is 4.51. The van der Waals surface area contributed by atoms with Gasteiger partial charge in [0.2, 0.25) is 11.8 Å². The van der Waals surface area contributed by atoms with Crippen LogP contribution in [0, 0.1) is 17.7 Å². The van der Waals surface area contributed by atoms with Crippen molar-refractivity contribution in [3.8, 4) is 0 Å². The molecule has 1 aromatic rings. The lowest BCUT2D eigenvalue weighted by Gasteiger charge is -2.39. The summed E-state index contributed by atoms with van der Waals surface area (Å²) in [5, 5.41) is 3.08. The molecule has 0 bridgehead atoms. The van der Waals surface area contributed by atoms with Gasteiger partial charge in [0.15, 0.2) is 0 Å². The topological polar surface area (TPSA) is 55.9 Å². The Morgan fingerprint density at radius 1 is 1.20 bits per heavy atom. The molecule has 2 heterocycles. The fraction of sp³-hybridized carbons (Fsp3) is 0.652. The van der Waals surface area contributed by atoms with E-state index in [9.17, 15) is 14.0 Å². The lowest BCUT2D eigenvalue weighted by atomic mass is 9.88. The van der Waals surface area contributed by atoms with E-state index in [2.05, 4.69) is 29.0 Å². The van der Waals surface area contributed by atoms with Gasteiger partial charge in [-0.1, -0.05) is 26.0 Å². The summed E-state index contributed by atoms with van der Waals surface area (Å²) in [4.78, 5) is 31.2. The first-order valence-corrected chi connectivity index (χ1v) is 11.2. The van der Waals surface area contributed by atoms with Gasteiger partial charge in [0.05, 0.1) is 11.6 Å². The first kappa shape index (κ1) is 22.5. The molecule has 0 aliphatic carbocycles. The van der Waals surface area contributed by atoms with Crippen LogP contribution in [0.3, 0.4) is 0 Å². The first-order valence-electron chi connectivity index (χ1n) is 11.2. The minimum absolute atomic E-state index is 0.0498. The van der Waals surface area contributed by atoms with Crippen molar-refractivity contribution >= 4 is 17.5 Å². The maximum absolute atomic E-state index is 14.0. The molecular weight excluding hydrogens is 383 g/mol. The van der Waals surface area contributed by atoms with Crippen LogP contribution in [0.25, 0.3) is 0 Å². The number of amides is 2. The summed E-state index contributed by atoms with van der Waals surface area (Å²) >= 11 is 0. The normalized spacial score (nSPS) is 23.2. The van der Waals surface area contributed by atoms with Crippen LogP contribution in [0.2, 0.25) is 0 Å². The average Bonchev–Trinajstić information content (AvgIpc) is 2.72. The molecule has 2 unspecified atom stereocenters. The number of carbonyl (C=O) groups is 2. The Hall–Kier alpha value is -2.15. The zero-order valence-electron chi connectivity index (χ0n) is 18.4. The van der Waals surface area contributed by atoms with Crippen LogP contribution in [0.4, 0.5) is 10.1 Å². The van der Waals surface area contributed by atoms with Crippen LogP contribution in [-0.2, 0) is 9.59 Å². The van der Waals surface area contributed by atoms with Crippen LogP contribution < -0.4 is 10.2 Å². The summed E-state index contributed by atoms with van der Waals surface area (Å²) in [6.45, 7) is 11.5. The Morgan fingerprint density at radius 2 is 1.90 bits per heavy atom. The number of benzene rings is 1. The molecule has 0 saturated carbocycles. The molecule has 0 radical (unpaired) electrons. The molecule has 166 valence electrons. The van der Waals surface area contributed by atoms with Crippen molar-refractivity contribution in [2.45, 2.75) is 39.7 Å². The molecule has 2 aliphatic rings. The maximum Gasteiger partial charge on any atom is 0.225 e. The monoisotopic (exact) mass is 418 g/mol. The number of halogens is 1. The molecule has 7 heteroatoms. The molecule has 0 aromatic heterocycles. The number of likely N-dealkylation sites (tertiary alicyclic amines) is 1. The number of hydrogen-bond donors (Lipinski definition) is 1. The van der Waals surface area contributed by atoms with Gasteiger partial charge in [0, 0.05) is 58.3 Å². The van der Waals surface area contributed by atoms with Crippen molar-refractivity contribution in [2.75, 3.05) is 50.7 Å². The number of carbonyl (C=O) groups excluding carboxylic acids is 2. The number of para-hydroxylation sites is 1. The van der Waals surface area contributed by atoms with Crippen molar-refractivity contribution in [1.29, 1.82) is 0 Å². The maximum atomic E-state index is 14.0. The number of piperazine rings is 1. The Kier molecular flexibility index (Phi) is 7.69. The Morgan fingerprint density at radius 3 is 2.57 bits per heavy atom. The molecule has 3 rings (SSSR count). The summed E-state index contributed by atoms with van der Waals surface area (Å²) in [6, 6.07) is 6.84. The molecule has 2 atom stereocenters. The van der Waals surface area contributed by atoms with Crippen molar-refractivity contribution in [3.05, 3.63) is 30.1 Å². The standard InChI is InChI=1S/C23H35FN4O2/c1-17(2)16-28-18(3)19(8-9-22(28)29)23(30)25-10-11-26-12-14-27(15-13-26)21-7-5-4-6-20(21)24/h4-7,17-19H,8-16H2,1-3H3,(H,25,30). The van der Waals surface area contributed by atoms with Crippen LogP contribution in [0.1, 0.15) is 33.6 Å². The highest BCUT2D eigenvalue weighted by atomic mass is 19.1.